The van der Waals surface area contributed by atoms with E-state index in [9.17, 15) is 23.2 Å². The third kappa shape index (κ3) is 5.18. The number of imidazole rings is 1. The van der Waals surface area contributed by atoms with E-state index in [1.165, 1.54) is 39.7 Å². The molecule has 5 heterocycles. The number of hydrogen-bond donors (Lipinski definition) is 0. The van der Waals surface area contributed by atoms with Crippen molar-refractivity contribution in [3.63, 3.8) is 0 Å². The first-order valence-electron chi connectivity index (χ1n) is 13.5. The highest BCUT2D eigenvalue weighted by Gasteiger charge is 2.46. The maximum atomic E-state index is 13.5. The predicted molar refractivity (Wildman–Crippen MR) is 155 cm³/mol. The highest BCUT2D eigenvalue weighted by atomic mass is 32.1. The van der Waals surface area contributed by atoms with Crippen LogP contribution in [0.1, 0.15) is 23.9 Å². The van der Waals surface area contributed by atoms with Crippen LogP contribution in [-0.4, -0.2) is 94.1 Å². The third-order valence-corrected chi connectivity index (χ3v) is 9.66. The van der Waals surface area contributed by atoms with Gasteiger partial charge in [0.05, 0.1) is 25.3 Å². The van der Waals surface area contributed by atoms with Crippen LogP contribution in [0, 0.1) is 17.1 Å². The van der Waals surface area contributed by atoms with Crippen molar-refractivity contribution in [3.8, 4) is 17.3 Å². The fourth-order valence-electron chi connectivity index (χ4n) is 5.30. The maximum absolute atomic E-state index is 13.5. The van der Waals surface area contributed by atoms with Crippen LogP contribution in [-0.2, 0) is 11.2 Å². The highest BCUT2D eigenvalue weighted by Crippen LogP contribution is 2.38. The van der Waals surface area contributed by atoms with E-state index in [2.05, 4.69) is 11.0 Å². The molecule has 1 aromatic carbocycles. The lowest BCUT2D eigenvalue weighted by Gasteiger charge is -2.39. The first-order valence-corrected chi connectivity index (χ1v) is 15.1. The van der Waals surface area contributed by atoms with Crippen molar-refractivity contribution in [2.45, 2.75) is 31.7 Å². The number of aromatic nitrogens is 4. The van der Waals surface area contributed by atoms with E-state index < -0.39 is 19.0 Å². The van der Waals surface area contributed by atoms with E-state index in [-0.39, 0.29) is 24.3 Å². The molecule has 42 heavy (non-hydrogen) atoms. The average Bonchev–Trinajstić information content (AvgIpc) is 3.73. The summed E-state index contributed by atoms with van der Waals surface area (Å²) in [5.74, 6) is -2.65. The Morgan fingerprint density at radius 2 is 1.93 bits per heavy atom. The number of likely N-dealkylation sites (tertiary alicyclic amines) is 1. The summed E-state index contributed by atoms with van der Waals surface area (Å²) in [4.78, 5) is 30.3. The van der Waals surface area contributed by atoms with Crippen molar-refractivity contribution >= 4 is 49.6 Å². The van der Waals surface area contributed by atoms with Gasteiger partial charge in [-0.15, -0.1) is 5.10 Å². The van der Waals surface area contributed by atoms with Crippen molar-refractivity contribution in [1.29, 1.82) is 5.26 Å². The summed E-state index contributed by atoms with van der Waals surface area (Å²) in [5.41, 5.74) is 2.00. The van der Waals surface area contributed by atoms with E-state index in [1.54, 1.807) is 16.6 Å². The van der Waals surface area contributed by atoms with Crippen molar-refractivity contribution in [2.24, 2.45) is 0 Å². The predicted octanol–water partition coefficient (Wildman–Crippen LogP) is 4.24. The molecule has 6 rings (SSSR count). The molecule has 0 bridgehead atoms. The molecule has 0 saturated carbocycles. The fraction of sp³-hybridized carbons (Fsp3) is 0.444. The second kappa shape index (κ2) is 10.8. The zero-order valence-electron chi connectivity index (χ0n) is 23.2. The molecule has 2 aliphatic heterocycles. The number of aryl methyl sites for hydroxylation is 1. The summed E-state index contributed by atoms with van der Waals surface area (Å²) in [6, 6.07) is 8.20. The van der Waals surface area contributed by atoms with E-state index in [4.69, 9.17) is 15.1 Å². The number of amides is 1. The number of benzene rings is 1. The van der Waals surface area contributed by atoms with Crippen LogP contribution >= 0.6 is 22.7 Å². The van der Waals surface area contributed by atoms with E-state index >= 15 is 0 Å². The largest absolute Gasteiger partial charge is 0.345 e. The number of hydrogen-bond acceptors (Lipinski definition) is 10. The molecular weight excluding hydrogens is 587 g/mol. The Labute approximate surface area is 248 Å². The lowest BCUT2D eigenvalue weighted by Crippen LogP contribution is -2.60. The number of thiazole rings is 1. The minimum atomic E-state index is -2.77. The monoisotopic (exact) mass is 615 g/mol. The molecule has 1 amide bonds. The Bertz CT molecular complexity index is 1670. The lowest BCUT2D eigenvalue weighted by molar-refractivity contribution is -0.166. The minimum Gasteiger partial charge on any atom is -0.345 e. The van der Waals surface area contributed by atoms with Crippen LogP contribution in [0.3, 0.4) is 0 Å². The van der Waals surface area contributed by atoms with Gasteiger partial charge in [0.2, 0.25) is 16.0 Å². The van der Waals surface area contributed by atoms with Crippen LogP contribution in [0.2, 0.25) is 0 Å². The van der Waals surface area contributed by atoms with Crippen LogP contribution < -0.4 is 9.80 Å². The van der Waals surface area contributed by atoms with Crippen LogP contribution in [0.4, 0.5) is 29.3 Å². The molecule has 4 aromatic rings. The van der Waals surface area contributed by atoms with Gasteiger partial charge in [-0.3, -0.25) is 9.69 Å². The number of nitriles is 1. The molecule has 10 nitrogen and oxygen atoms in total. The van der Waals surface area contributed by atoms with Crippen LogP contribution in [0.15, 0.2) is 24.3 Å². The summed E-state index contributed by atoms with van der Waals surface area (Å²) in [6.45, 7) is 2.51. The average molecular weight is 616 g/mol. The number of nitrogens with zero attached hydrogens (tertiary/aromatic N) is 9. The Morgan fingerprint density at radius 3 is 2.60 bits per heavy atom. The summed E-state index contributed by atoms with van der Waals surface area (Å²) in [5, 5.41) is 16.0. The van der Waals surface area contributed by atoms with Crippen molar-refractivity contribution < 1.29 is 18.0 Å². The number of rotatable bonds is 8. The molecule has 2 fully saturated rings. The third-order valence-electron chi connectivity index (χ3n) is 7.65. The fourth-order valence-corrected chi connectivity index (χ4v) is 7.10. The SMILES string of the molecule is CCc1nc2sc(N3CCC(N(C)CC(=O)N4CC(F)(F)C4)C3)nn2c1N(C)c1nc(-c2ccc(F)cc2)c(C#N)s1. The number of carbonyl (C=O) groups is 1. The lowest BCUT2D eigenvalue weighted by atomic mass is 10.1. The number of fused-ring (bicyclic) bond motifs is 1. The molecule has 0 spiro atoms. The maximum Gasteiger partial charge on any atom is 0.282 e. The number of likely N-dealkylation sites (N-methyl/N-ethyl adjacent to an activating group) is 1. The molecule has 0 aliphatic carbocycles. The quantitative estimate of drug-likeness (QED) is 0.291. The Balaban J connectivity index is 1.21. The van der Waals surface area contributed by atoms with Gasteiger partial charge in [-0.25, -0.2) is 23.1 Å². The van der Waals surface area contributed by atoms with Gasteiger partial charge in [-0.1, -0.05) is 29.6 Å². The van der Waals surface area contributed by atoms with Gasteiger partial charge in [-0.05, 0) is 44.2 Å². The highest BCUT2D eigenvalue weighted by molar-refractivity contribution is 7.20. The molecule has 2 aliphatic rings. The van der Waals surface area contributed by atoms with Crippen molar-refractivity contribution in [1.82, 2.24) is 29.4 Å². The number of anilines is 3. The Hall–Kier alpha value is -3.74. The van der Waals surface area contributed by atoms with Gasteiger partial charge in [0.25, 0.3) is 5.92 Å². The Morgan fingerprint density at radius 1 is 1.19 bits per heavy atom. The van der Waals surface area contributed by atoms with Crippen molar-refractivity contribution in [3.05, 3.63) is 40.7 Å². The standard InChI is InChI=1S/C27H28F3N9OS2/c1-4-19-23(36(3)24-33-22(20(11-31)41-24)16-5-7-17(28)8-6-16)39-25(32-19)42-26(34-39)37-10-9-18(12-37)35(2)13-21(40)38-14-27(29,30)15-38/h5-8,18H,4,9-10,12-15H2,1-3H3. The van der Waals surface area contributed by atoms with Gasteiger partial charge in [0.15, 0.2) is 10.9 Å². The molecular formula is C27H28F3N9OS2. The number of alkyl halides is 2. The summed E-state index contributed by atoms with van der Waals surface area (Å²) < 4.78 is 41.6. The first kappa shape index (κ1) is 28.4. The molecule has 0 N–H and O–H groups in total. The van der Waals surface area contributed by atoms with Crippen LogP contribution in [0.25, 0.3) is 16.2 Å². The zero-order chi connectivity index (χ0) is 29.8. The normalized spacial score (nSPS) is 18.1. The Kier molecular flexibility index (Phi) is 7.32. The zero-order valence-corrected chi connectivity index (χ0v) is 24.9. The molecule has 3 aromatic heterocycles. The second-order valence-corrected chi connectivity index (χ2v) is 12.5. The molecule has 1 unspecified atom stereocenters. The first-order chi connectivity index (χ1) is 20.1. The molecule has 0 radical (unpaired) electrons. The van der Waals surface area contributed by atoms with E-state index in [1.807, 2.05) is 30.8 Å². The van der Waals surface area contributed by atoms with Gasteiger partial charge < -0.3 is 14.7 Å². The molecule has 1 atom stereocenters. The summed E-state index contributed by atoms with van der Waals surface area (Å²) in [6.07, 6.45) is 1.48. The van der Waals surface area contributed by atoms with E-state index in [0.717, 1.165) is 34.6 Å². The number of halogens is 3. The number of carbonyl (C=O) groups excluding carboxylic acids is 1. The minimum absolute atomic E-state index is 0.0879. The molecule has 220 valence electrons. The van der Waals surface area contributed by atoms with Crippen molar-refractivity contribution in [2.75, 3.05) is 56.6 Å². The smallest absolute Gasteiger partial charge is 0.282 e. The van der Waals surface area contributed by atoms with Gasteiger partial charge in [0, 0.05) is 31.7 Å². The summed E-state index contributed by atoms with van der Waals surface area (Å²) >= 11 is 2.72. The van der Waals surface area contributed by atoms with Gasteiger partial charge >= 0.3 is 0 Å². The van der Waals surface area contributed by atoms with Gasteiger partial charge in [0.1, 0.15) is 22.5 Å². The van der Waals surface area contributed by atoms with Crippen LogP contribution in [0.5, 0.6) is 0 Å². The second-order valence-electron chi connectivity index (χ2n) is 10.6. The van der Waals surface area contributed by atoms with Gasteiger partial charge in [-0.2, -0.15) is 9.78 Å². The molecule has 15 heteroatoms. The summed E-state index contributed by atoms with van der Waals surface area (Å²) in [7, 11) is 3.71. The topological polar surface area (TPSA) is 96.9 Å². The molecule has 2 saturated heterocycles. The van der Waals surface area contributed by atoms with E-state index in [0.29, 0.717) is 34.2 Å².